The number of hydrogen-bond donors (Lipinski definition) is 2. The first-order valence-electron chi connectivity index (χ1n) is 7.91. The van der Waals surface area contributed by atoms with Crippen molar-refractivity contribution in [3.63, 3.8) is 0 Å². The second kappa shape index (κ2) is 7.97. The molecule has 0 spiro atoms. The van der Waals surface area contributed by atoms with Crippen molar-refractivity contribution < 1.29 is 14.6 Å². The summed E-state index contributed by atoms with van der Waals surface area (Å²) in [6, 6.07) is 20.7. The molecule has 5 nitrogen and oxygen atoms in total. The molecule has 0 aliphatic heterocycles. The van der Waals surface area contributed by atoms with Gasteiger partial charge in [0.2, 0.25) is 0 Å². The van der Waals surface area contributed by atoms with Crippen LogP contribution in [0.1, 0.15) is 11.1 Å². The van der Waals surface area contributed by atoms with Crippen molar-refractivity contribution in [2.24, 2.45) is 0 Å². The van der Waals surface area contributed by atoms with Crippen molar-refractivity contribution in [3.05, 3.63) is 84.1 Å². The third-order valence-corrected chi connectivity index (χ3v) is 3.61. The van der Waals surface area contributed by atoms with Crippen LogP contribution >= 0.6 is 0 Å². The van der Waals surface area contributed by atoms with E-state index in [0.717, 1.165) is 12.0 Å². The molecule has 2 N–H and O–H groups in total. The van der Waals surface area contributed by atoms with Gasteiger partial charge in [-0.05, 0) is 29.3 Å². The number of carbonyl (C=O) groups is 1. The highest BCUT2D eigenvalue weighted by Gasteiger charge is 2.10. The Bertz CT molecular complexity index is 850. The standard InChI is InChI=1S/C20H18N2O3/c23-17-10-6-12-21-20(17)22-19(24)14-25-18-11-5-4-9-16(18)13-15-7-2-1-3-8-15/h1-12,23H,13-14H2,(H,21,22,24). The molecule has 0 aliphatic rings. The summed E-state index contributed by atoms with van der Waals surface area (Å²) in [6.45, 7) is -0.165. The number of nitrogens with one attached hydrogen (secondary N) is 1. The van der Waals surface area contributed by atoms with Gasteiger partial charge in [-0.25, -0.2) is 4.98 Å². The molecule has 1 amide bonds. The molecule has 0 atom stereocenters. The first kappa shape index (κ1) is 16.5. The van der Waals surface area contributed by atoms with Crippen LogP contribution in [0.4, 0.5) is 5.82 Å². The molecular formula is C20H18N2O3. The quantitative estimate of drug-likeness (QED) is 0.725. The van der Waals surface area contributed by atoms with Crippen LogP contribution in [-0.4, -0.2) is 22.6 Å². The monoisotopic (exact) mass is 334 g/mol. The van der Waals surface area contributed by atoms with Gasteiger partial charge < -0.3 is 15.2 Å². The van der Waals surface area contributed by atoms with E-state index in [1.165, 1.54) is 17.8 Å². The predicted molar refractivity (Wildman–Crippen MR) is 95.7 cm³/mol. The number of anilines is 1. The number of nitrogens with zero attached hydrogens (tertiary/aromatic N) is 1. The summed E-state index contributed by atoms with van der Waals surface area (Å²) in [7, 11) is 0. The maximum atomic E-state index is 12.0. The highest BCUT2D eigenvalue weighted by atomic mass is 16.5. The van der Waals surface area contributed by atoms with Gasteiger partial charge in [0.15, 0.2) is 18.2 Å². The molecule has 1 heterocycles. The summed E-state index contributed by atoms with van der Waals surface area (Å²) in [5.74, 6) is 0.309. The predicted octanol–water partition coefficient (Wildman–Crippen LogP) is 3.40. The third kappa shape index (κ3) is 4.57. The number of carbonyl (C=O) groups excluding carboxylic acids is 1. The lowest BCUT2D eigenvalue weighted by molar-refractivity contribution is -0.118. The fourth-order valence-electron chi connectivity index (χ4n) is 2.41. The van der Waals surface area contributed by atoms with Crippen LogP contribution in [0.3, 0.4) is 0 Å². The number of pyridine rings is 1. The first-order valence-corrected chi connectivity index (χ1v) is 7.91. The molecule has 1 aromatic heterocycles. The Kier molecular flexibility index (Phi) is 5.26. The third-order valence-electron chi connectivity index (χ3n) is 3.61. The Morgan fingerprint density at radius 3 is 2.56 bits per heavy atom. The van der Waals surface area contributed by atoms with E-state index < -0.39 is 0 Å². The minimum Gasteiger partial charge on any atom is -0.504 e. The fraction of sp³-hybridized carbons (Fsp3) is 0.100. The van der Waals surface area contributed by atoms with E-state index in [1.807, 2.05) is 54.6 Å². The van der Waals surface area contributed by atoms with Gasteiger partial charge in [-0.2, -0.15) is 0 Å². The van der Waals surface area contributed by atoms with Crippen LogP contribution in [0.25, 0.3) is 0 Å². The van der Waals surface area contributed by atoms with Gasteiger partial charge in [0.05, 0.1) is 0 Å². The van der Waals surface area contributed by atoms with Gasteiger partial charge in [-0.15, -0.1) is 0 Å². The number of amides is 1. The molecule has 2 aromatic carbocycles. The smallest absolute Gasteiger partial charge is 0.263 e. The normalized spacial score (nSPS) is 10.2. The summed E-state index contributed by atoms with van der Waals surface area (Å²) in [5.41, 5.74) is 2.17. The van der Waals surface area contributed by atoms with E-state index in [0.29, 0.717) is 5.75 Å². The molecule has 0 aliphatic carbocycles. The van der Waals surface area contributed by atoms with Crippen molar-refractivity contribution in [2.75, 3.05) is 11.9 Å². The molecule has 0 saturated carbocycles. The average Bonchev–Trinajstić information content (AvgIpc) is 2.64. The Balaban J connectivity index is 1.63. The van der Waals surface area contributed by atoms with Crippen LogP contribution in [-0.2, 0) is 11.2 Å². The van der Waals surface area contributed by atoms with Gasteiger partial charge in [0.1, 0.15) is 5.75 Å². The maximum Gasteiger partial charge on any atom is 0.263 e. The highest BCUT2D eigenvalue weighted by molar-refractivity contribution is 5.92. The van der Waals surface area contributed by atoms with Crippen LogP contribution in [0.5, 0.6) is 11.5 Å². The molecule has 0 unspecified atom stereocenters. The van der Waals surface area contributed by atoms with Crippen molar-refractivity contribution in [2.45, 2.75) is 6.42 Å². The summed E-state index contributed by atoms with van der Waals surface area (Å²) in [5, 5.41) is 12.2. The van der Waals surface area contributed by atoms with Gasteiger partial charge in [-0.3, -0.25) is 4.79 Å². The van der Waals surface area contributed by atoms with Gasteiger partial charge in [0, 0.05) is 12.6 Å². The highest BCUT2D eigenvalue weighted by Crippen LogP contribution is 2.22. The second-order valence-electron chi connectivity index (χ2n) is 5.48. The van der Waals surface area contributed by atoms with Crippen LogP contribution in [0, 0.1) is 0 Å². The molecule has 3 rings (SSSR count). The Labute approximate surface area is 145 Å². The number of aromatic hydroxyl groups is 1. The molecule has 0 saturated heterocycles. The van der Waals surface area contributed by atoms with Crippen molar-refractivity contribution >= 4 is 11.7 Å². The van der Waals surface area contributed by atoms with Crippen LogP contribution < -0.4 is 10.1 Å². The maximum absolute atomic E-state index is 12.0. The largest absolute Gasteiger partial charge is 0.504 e. The number of benzene rings is 2. The molecule has 126 valence electrons. The van der Waals surface area contributed by atoms with Crippen LogP contribution in [0.2, 0.25) is 0 Å². The molecule has 25 heavy (non-hydrogen) atoms. The van der Waals surface area contributed by atoms with Gasteiger partial charge in [0.25, 0.3) is 5.91 Å². The number of hydrogen-bond acceptors (Lipinski definition) is 4. The van der Waals surface area contributed by atoms with Gasteiger partial charge in [-0.1, -0.05) is 48.5 Å². The van der Waals surface area contributed by atoms with E-state index in [-0.39, 0.29) is 24.1 Å². The minimum absolute atomic E-state index is 0.0830. The van der Waals surface area contributed by atoms with E-state index in [9.17, 15) is 9.90 Å². The molecule has 5 heteroatoms. The van der Waals surface area contributed by atoms with Crippen molar-refractivity contribution in [1.82, 2.24) is 4.98 Å². The van der Waals surface area contributed by atoms with Crippen molar-refractivity contribution in [1.29, 1.82) is 0 Å². The summed E-state index contributed by atoms with van der Waals surface area (Å²) < 4.78 is 5.66. The summed E-state index contributed by atoms with van der Waals surface area (Å²) in [4.78, 5) is 15.9. The Hall–Kier alpha value is -3.34. The number of para-hydroxylation sites is 1. The van der Waals surface area contributed by atoms with E-state index in [1.54, 1.807) is 6.07 Å². The average molecular weight is 334 g/mol. The lowest BCUT2D eigenvalue weighted by Gasteiger charge is -2.12. The Morgan fingerprint density at radius 1 is 1.00 bits per heavy atom. The Morgan fingerprint density at radius 2 is 1.76 bits per heavy atom. The number of ether oxygens (including phenoxy) is 1. The molecule has 0 bridgehead atoms. The second-order valence-corrected chi connectivity index (χ2v) is 5.48. The summed E-state index contributed by atoms with van der Waals surface area (Å²) in [6.07, 6.45) is 2.21. The summed E-state index contributed by atoms with van der Waals surface area (Å²) >= 11 is 0. The van der Waals surface area contributed by atoms with Crippen LogP contribution in [0.15, 0.2) is 72.9 Å². The van der Waals surface area contributed by atoms with E-state index in [4.69, 9.17) is 4.74 Å². The molecule has 0 radical (unpaired) electrons. The number of aromatic nitrogens is 1. The van der Waals surface area contributed by atoms with E-state index >= 15 is 0 Å². The molecular weight excluding hydrogens is 316 g/mol. The first-order chi connectivity index (χ1) is 12.2. The molecule has 0 fully saturated rings. The number of rotatable bonds is 6. The van der Waals surface area contributed by atoms with E-state index in [2.05, 4.69) is 10.3 Å². The lowest BCUT2D eigenvalue weighted by atomic mass is 10.0. The van der Waals surface area contributed by atoms with Crippen molar-refractivity contribution in [3.8, 4) is 11.5 Å². The molecule has 3 aromatic rings. The zero-order valence-electron chi connectivity index (χ0n) is 13.6. The topological polar surface area (TPSA) is 71.5 Å². The fourth-order valence-corrected chi connectivity index (χ4v) is 2.41. The lowest BCUT2D eigenvalue weighted by Crippen LogP contribution is -2.21. The SMILES string of the molecule is O=C(COc1ccccc1Cc1ccccc1)Nc1ncccc1O. The van der Waals surface area contributed by atoms with Gasteiger partial charge >= 0.3 is 0 Å². The zero-order valence-corrected chi connectivity index (χ0v) is 13.6. The minimum atomic E-state index is -0.386. The zero-order chi connectivity index (χ0) is 17.5.